The van der Waals surface area contributed by atoms with E-state index in [0.29, 0.717) is 12.2 Å². The van der Waals surface area contributed by atoms with Crippen molar-refractivity contribution in [3.63, 3.8) is 0 Å². The topological polar surface area (TPSA) is 64.6 Å². The van der Waals surface area contributed by atoms with E-state index in [9.17, 15) is 8.42 Å². The van der Waals surface area contributed by atoms with Crippen LogP contribution in [0.1, 0.15) is 24.9 Å². The second kappa shape index (κ2) is 8.17. The van der Waals surface area contributed by atoms with Crippen LogP contribution >= 0.6 is 22.6 Å². The van der Waals surface area contributed by atoms with E-state index < -0.39 is 10.0 Å². The summed E-state index contributed by atoms with van der Waals surface area (Å²) < 4.78 is 39.2. The maximum atomic E-state index is 12.7. The summed E-state index contributed by atoms with van der Waals surface area (Å²) in [6.07, 6.45) is 0.638. The highest BCUT2D eigenvalue weighted by Crippen LogP contribution is 2.26. The Kier molecular flexibility index (Phi) is 6.47. The molecule has 0 aliphatic carbocycles. The molecule has 0 saturated heterocycles. The molecule has 0 heterocycles. The molecule has 0 aromatic heterocycles. The lowest BCUT2D eigenvalue weighted by Crippen LogP contribution is -2.28. The minimum absolute atomic E-state index is 0.222. The zero-order valence-corrected chi connectivity index (χ0v) is 16.7. The van der Waals surface area contributed by atoms with Crippen molar-refractivity contribution >= 4 is 32.6 Å². The third kappa shape index (κ3) is 4.40. The van der Waals surface area contributed by atoms with E-state index in [1.807, 2.05) is 31.2 Å². The molecule has 2 aromatic rings. The number of halogens is 1. The average Bonchev–Trinajstić information content (AvgIpc) is 2.59. The molecule has 7 heteroatoms. The van der Waals surface area contributed by atoms with Crippen LogP contribution < -0.4 is 14.2 Å². The van der Waals surface area contributed by atoms with Crippen molar-refractivity contribution in [3.8, 4) is 11.5 Å². The number of sulfonamides is 1. The number of ether oxygens (including phenoxy) is 2. The first kappa shape index (κ1) is 19.0. The summed E-state index contributed by atoms with van der Waals surface area (Å²) in [5.74, 6) is 1.39. The third-order valence-electron chi connectivity index (χ3n) is 3.66. The summed E-state index contributed by atoms with van der Waals surface area (Å²) in [5.41, 5.74) is 0.894. The Hall–Kier alpha value is -1.32. The molecule has 0 amide bonds. The van der Waals surface area contributed by atoms with Crippen molar-refractivity contribution in [1.29, 1.82) is 0 Å². The SMILES string of the molecule is CC[C@@H](NS(=O)(=O)c1ccc(OC)c(I)c1)c1ccc(OC)cc1. The molecule has 1 N–H and O–H groups in total. The highest BCUT2D eigenvalue weighted by molar-refractivity contribution is 14.1. The van der Waals surface area contributed by atoms with Gasteiger partial charge in [0.2, 0.25) is 10.0 Å². The van der Waals surface area contributed by atoms with Gasteiger partial charge in [-0.05, 0) is 64.9 Å². The average molecular weight is 461 g/mol. The Labute approximate surface area is 156 Å². The predicted octanol–water partition coefficient (Wildman–Crippen LogP) is 3.74. The van der Waals surface area contributed by atoms with Gasteiger partial charge in [-0.2, -0.15) is 0 Å². The molecule has 2 aromatic carbocycles. The van der Waals surface area contributed by atoms with Crippen molar-refractivity contribution in [1.82, 2.24) is 4.72 Å². The van der Waals surface area contributed by atoms with E-state index in [2.05, 4.69) is 27.3 Å². The molecule has 0 saturated carbocycles. The van der Waals surface area contributed by atoms with Gasteiger partial charge in [0.25, 0.3) is 0 Å². The Balaban J connectivity index is 2.26. The molecule has 0 aliphatic heterocycles. The van der Waals surface area contributed by atoms with Crippen LogP contribution in [0, 0.1) is 3.57 Å². The lowest BCUT2D eigenvalue weighted by Gasteiger charge is -2.18. The first-order valence-electron chi connectivity index (χ1n) is 7.41. The summed E-state index contributed by atoms with van der Waals surface area (Å²) in [4.78, 5) is 0.222. The molecule has 5 nitrogen and oxygen atoms in total. The van der Waals surface area contributed by atoms with Crippen molar-refractivity contribution in [2.24, 2.45) is 0 Å². The number of hydrogen-bond donors (Lipinski definition) is 1. The van der Waals surface area contributed by atoms with Gasteiger partial charge in [-0.15, -0.1) is 0 Å². The molecule has 2 rings (SSSR count). The van der Waals surface area contributed by atoms with Gasteiger partial charge in [0.15, 0.2) is 0 Å². The standard InChI is InChI=1S/C17H20INO4S/c1-4-16(12-5-7-13(22-2)8-6-12)19-24(20,21)14-9-10-17(23-3)15(18)11-14/h5-11,16,19H,4H2,1-3H3/t16-/m1/s1. The summed E-state index contributed by atoms with van der Waals surface area (Å²) in [6.45, 7) is 1.94. The Morgan fingerprint density at radius 1 is 1.08 bits per heavy atom. The zero-order chi connectivity index (χ0) is 17.7. The van der Waals surface area contributed by atoms with Gasteiger partial charge in [0, 0.05) is 6.04 Å². The second-order valence-electron chi connectivity index (χ2n) is 5.15. The van der Waals surface area contributed by atoms with Crippen LogP contribution in [0.15, 0.2) is 47.4 Å². The monoisotopic (exact) mass is 461 g/mol. The van der Waals surface area contributed by atoms with Gasteiger partial charge in [-0.3, -0.25) is 0 Å². The quantitative estimate of drug-likeness (QED) is 0.639. The van der Waals surface area contributed by atoms with Crippen molar-refractivity contribution < 1.29 is 17.9 Å². The van der Waals surface area contributed by atoms with Crippen LogP contribution in [-0.4, -0.2) is 22.6 Å². The van der Waals surface area contributed by atoms with E-state index in [0.717, 1.165) is 14.9 Å². The van der Waals surface area contributed by atoms with Crippen molar-refractivity contribution in [2.45, 2.75) is 24.3 Å². The minimum Gasteiger partial charge on any atom is -0.497 e. The lowest BCUT2D eigenvalue weighted by molar-refractivity contribution is 0.411. The van der Waals surface area contributed by atoms with Gasteiger partial charge in [-0.25, -0.2) is 13.1 Å². The van der Waals surface area contributed by atoms with E-state index in [1.54, 1.807) is 32.4 Å². The van der Waals surface area contributed by atoms with E-state index in [4.69, 9.17) is 9.47 Å². The number of nitrogens with one attached hydrogen (secondary N) is 1. The maximum absolute atomic E-state index is 12.7. The highest BCUT2D eigenvalue weighted by atomic mass is 127. The molecule has 0 unspecified atom stereocenters. The van der Waals surface area contributed by atoms with Crippen molar-refractivity contribution in [3.05, 3.63) is 51.6 Å². The van der Waals surface area contributed by atoms with Crippen molar-refractivity contribution in [2.75, 3.05) is 14.2 Å². The van der Waals surface area contributed by atoms with Crippen LogP contribution in [0.25, 0.3) is 0 Å². The minimum atomic E-state index is -3.62. The first-order valence-corrected chi connectivity index (χ1v) is 9.97. The summed E-state index contributed by atoms with van der Waals surface area (Å²) in [7, 11) is -0.471. The zero-order valence-electron chi connectivity index (χ0n) is 13.7. The number of benzene rings is 2. The molecule has 24 heavy (non-hydrogen) atoms. The molecule has 0 fully saturated rings. The normalized spacial score (nSPS) is 12.7. The Morgan fingerprint density at radius 2 is 1.75 bits per heavy atom. The van der Waals surface area contributed by atoms with Crippen LogP contribution in [-0.2, 0) is 10.0 Å². The lowest BCUT2D eigenvalue weighted by atomic mass is 10.1. The number of methoxy groups -OCH3 is 2. The summed E-state index contributed by atoms with van der Waals surface area (Å²) in [5, 5.41) is 0. The molecule has 0 radical (unpaired) electrons. The predicted molar refractivity (Wildman–Crippen MR) is 102 cm³/mol. The van der Waals surface area contributed by atoms with E-state index in [-0.39, 0.29) is 10.9 Å². The van der Waals surface area contributed by atoms with E-state index >= 15 is 0 Å². The summed E-state index contributed by atoms with van der Waals surface area (Å²) in [6, 6.07) is 11.9. The fourth-order valence-electron chi connectivity index (χ4n) is 2.29. The maximum Gasteiger partial charge on any atom is 0.241 e. The Bertz CT molecular complexity index is 791. The molecular formula is C17H20INO4S. The van der Waals surface area contributed by atoms with Gasteiger partial charge >= 0.3 is 0 Å². The largest absolute Gasteiger partial charge is 0.497 e. The number of hydrogen-bond acceptors (Lipinski definition) is 4. The fourth-order valence-corrected chi connectivity index (χ4v) is 4.57. The molecular weight excluding hydrogens is 441 g/mol. The van der Waals surface area contributed by atoms with Gasteiger partial charge in [-0.1, -0.05) is 19.1 Å². The molecule has 0 bridgehead atoms. The summed E-state index contributed by atoms with van der Waals surface area (Å²) >= 11 is 2.06. The smallest absolute Gasteiger partial charge is 0.241 e. The fraction of sp³-hybridized carbons (Fsp3) is 0.294. The number of rotatable bonds is 7. The van der Waals surface area contributed by atoms with Crippen LogP contribution in [0.5, 0.6) is 11.5 Å². The van der Waals surface area contributed by atoms with Gasteiger partial charge in [0.1, 0.15) is 11.5 Å². The van der Waals surface area contributed by atoms with Gasteiger partial charge < -0.3 is 9.47 Å². The molecule has 0 aliphatic rings. The molecule has 0 spiro atoms. The second-order valence-corrected chi connectivity index (χ2v) is 8.03. The van der Waals surface area contributed by atoms with E-state index in [1.165, 1.54) is 0 Å². The molecule has 130 valence electrons. The van der Waals surface area contributed by atoms with Crippen LogP contribution in [0.4, 0.5) is 0 Å². The van der Waals surface area contributed by atoms with Crippen LogP contribution in [0.3, 0.4) is 0 Å². The third-order valence-corrected chi connectivity index (χ3v) is 5.97. The highest BCUT2D eigenvalue weighted by Gasteiger charge is 2.21. The first-order chi connectivity index (χ1) is 11.4. The van der Waals surface area contributed by atoms with Gasteiger partial charge in [0.05, 0.1) is 22.7 Å². The molecule has 1 atom stereocenters. The Morgan fingerprint density at radius 3 is 2.25 bits per heavy atom. The van der Waals surface area contributed by atoms with Crippen LogP contribution in [0.2, 0.25) is 0 Å².